The Bertz CT molecular complexity index is 247. The third-order valence-electron chi connectivity index (χ3n) is 1.88. The van der Waals surface area contributed by atoms with Crippen LogP contribution in [0.25, 0.3) is 0 Å². The first-order chi connectivity index (χ1) is 5.97. The van der Waals surface area contributed by atoms with E-state index < -0.39 is 0 Å². The van der Waals surface area contributed by atoms with E-state index in [1.54, 1.807) is 0 Å². The van der Waals surface area contributed by atoms with Crippen molar-refractivity contribution < 1.29 is 0 Å². The molecular formula is C13H20. The largest absolute Gasteiger partial charge is 0.0995 e. The quantitative estimate of drug-likeness (QED) is 0.429. The lowest BCUT2D eigenvalue weighted by Crippen LogP contribution is -1.87. The second-order valence-electron chi connectivity index (χ2n) is 3.63. The maximum atomic E-state index is 3.99. The van der Waals surface area contributed by atoms with Crippen LogP contribution in [-0.4, -0.2) is 0 Å². The molecule has 0 heteroatoms. The average Bonchev–Trinajstić information content (AvgIpc) is 2.02. The van der Waals surface area contributed by atoms with Gasteiger partial charge >= 0.3 is 0 Å². The van der Waals surface area contributed by atoms with Crippen LogP contribution in [0.4, 0.5) is 0 Å². The van der Waals surface area contributed by atoms with Crippen molar-refractivity contribution in [3.05, 3.63) is 48.1 Å². The van der Waals surface area contributed by atoms with Crippen LogP contribution in [0.5, 0.6) is 0 Å². The Hall–Kier alpha value is -1.04. The predicted octanol–water partition coefficient (Wildman–Crippen LogP) is 4.42. The van der Waals surface area contributed by atoms with Crippen LogP contribution in [-0.2, 0) is 0 Å². The molecular weight excluding hydrogens is 156 g/mol. The third-order valence-corrected chi connectivity index (χ3v) is 1.88. The highest BCUT2D eigenvalue weighted by Gasteiger charge is 1.98. The Morgan fingerprint density at radius 3 is 2.08 bits per heavy atom. The Labute approximate surface area is 82.4 Å². The topological polar surface area (TPSA) is 0 Å². The smallest absolute Gasteiger partial charge is 0.00701 e. The van der Waals surface area contributed by atoms with Gasteiger partial charge in [0.25, 0.3) is 0 Å². The van der Waals surface area contributed by atoms with Gasteiger partial charge in [-0.15, -0.1) is 0 Å². The molecule has 0 aliphatic carbocycles. The van der Waals surface area contributed by atoms with Crippen molar-refractivity contribution in [1.82, 2.24) is 0 Å². The maximum Gasteiger partial charge on any atom is -0.00701 e. The standard InChI is InChI=1S/C13H20/c1-7-11(4)9-13(6)12(5)8-10(2)3/h8H,4-7,9H2,1-3H3. The molecule has 0 aromatic carbocycles. The molecule has 13 heavy (non-hydrogen) atoms. The number of rotatable bonds is 5. The summed E-state index contributed by atoms with van der Waals surface area (Å²) in [6.07, 6.45) is 3.95. The van der Waals surface area contributed by atoms with E-state index in [-0.39, 0.29) is 0 Å². The van der Waals surface area contributed by atoms with Gasteiger partial charge in [-0.05, 0) is 37.8 Å². The first-order valence-electron chi connectivity index (χ1n) is 4.66. The maximum absolute atomic E-state index is 3.99. The molecule has 0 bridgehead atoms. The summed E-state index contributed by atoms with van der Waals surface area (Å²) in [5.41, 5.74) is 4.57. The molecule has 0 fully saturated rings. The van der Waals surface area contributed by atoms with Crippen LogP contribution in [0, 0.1) is 0 Å². The van der Waals surface area contributed by atoms with E-state index in [2.05, 4.69) is 46.6 Å². The van der Waals surface area contributed by atoms with Crippen molar-refractivity contribution >= 4 is 0 Å². The van der Waals surface area contributed by atoms with Gasteiger partial charge in [0.1, 0.15) is 0 Å². The Kier molecular flexibility index (Phi) is 5.13. The Morgan fingerprint density at radius 2 is 1.69 bits per heavy atom. The van der Waals surface area contributed by atoms with Gasteiger partial charge in [0, 0.05) is 0 Å². The first kappa shape index (κ1) is 12.0. The van der Waals surface area contributed by atoms with Gasteiger partial charge in [-0.25, -0.2) is 0 Å². The normalized spacial score (nSPS) is 9.15. The van der Waals surface area contributed by atoms with E-state index in [1.165, 1.54) is 11.1 Å². The molecule has 72 valence electrons. The van der Waals surface area contributed by atoms with Crippen molar-refractivity contribution in [3.8, 4) is 0 Å². The molecule has 0 heterocycles. The lowest BCUT2D eigenvalue weighted by molar-refractivity contribution is 1.01. The van der Waals surface area contributed by atoms with Gasteiger partial charge < -0.3 is 0 Å². The van der Waals surface area contributed by atoms with Gasteiger partial charge in [-0.1, -0.05) is 43.9 Å². The van der Waals surface area contributed by atoms with Crippen LogP contribution in [0.1, 0.15) is 33.6 Å². The highest BCUT2D eigenvalue weighted by atomic mass is 14.0. The highest BCUT2D eigenvalue weighted by Crippen LogP contribution is 2.18. The van der Waals surface area contributed by atoms with Gasteiger partial charge in [0.05, 0.1) is 0 Å². The van der Waals surface area contributed by atoms with Crippen molar-refractivity contribution in [2.24, 2.45) is 0 Å². The summed E-state index contributed by atoms with van der Waals surface area (Å²) in [6, 6.07) is 0. The van der Waals surface area contributed by atoms with Gasteiger partial charge in [0.2, 0.25) is 0 Å². The zero-order valence-corrected chi connectivity index (χ0v) is 9.11. The molecule has 0 aromatic heterocycles. The minimum atomic E-state index is 0.874. The summed E-state index contributed by atoms with van der Waals surface area (Å²) in [5.74, 6) is 0. The lowest BCUT2D eigenvalue weighted by atomic mass is 9.99. The number of hydrogen-bond donors (Lipinski definition) is 0. The van der Waals surface area contributed by atoms with Crippen LogP contribution in [0.3, 0.4) is 0 Å². The average molecular weight is 176 g/mol. The highest BCUT2D eigenvalue weighted by molar-refractivity contribution is 5.38. The summed E-state index contributed by atoms with van der Waals surface area (Å²) in [5, 5.41) is 0. The van der Waals surface area contributed by atoms with Gasteiger partial charge in [0.15, 0.2) is 0 Å². The SMILES string of the molecule is C=C(CC)CC(=C)C(=C)C=C(C)C. The molecule has 0 N–H and O–H groups in total. The van der Waals surface area contributed by atoms with Crippen molar-refractivity contribution in [2.45, 2.75) is 33.6 Å². The number of hydrogen-bond acceptors (Lipinski definition) is 0. The van der Waals surface area contributed by atoms with E-state index in [1.807, 2.05) is 0 Å². The van der Waals surface area contributed by atoms with Gasteiger partial charge in [-0.2, -0.15) is 0 Å². The molecule has 0 unspecified atom stereocenters. The molecule has 0 radical (unpaired) electrons. The fraction of sp³-hybridized carbons (Fsp3) is 0.385. The molecule has 0 amide bonds. The zero-order chi connectivity index (χ0) is 10.4. The monoisotopic (exact) mass is 176 g/mol. The van der Waals surface area contributed by atoms with Crippen molar-refractivity contribution in [2.75, 3.05) is 0 Å². The molecule has 0 aliphatic rings. The van der Waals surface area contributed by atoms with Gasteiger partial charge in [-0.3, -0.25) is 0 Å². The number of allylic oxidation sites excluding steroid dienone is 5. The summed E-state index contributed by atoms with van der Waals surface area (Å²) >= 11 is 0. The molecule has 0 nitrogen and oxygen atoms in total. The lowest BCUT2D eigenvalue weighted by Gasteiger charge is -2.07. The van der Waals surface area contributed by atoms with Crippen molar-refractivity contribution in [1.29, 1.82) is 0 Å². The Balaban J connectivity index is 4.21. The second kappa shape index (κ2) is 5.58. The Morgan fingerprint density at radius 1 is 1.15 bits per heavy atom. The zero-order valence-electron chi connectivity index (χ0n) is 9.11. The van der Waals surface area contributed by atoms with Crippen LogP contribution < -0.4 is 0 Å². The van der Waals surface area contributed by atoms with Crippen LogP contribution in [0.15, 0.2) is 48.1 Å². The van der Waals surface area contributed by atoms with Crippen LogP contribution in [0.2, 0.25) is 0 Å². The molecule has 0 aromatic rings. The molecule has 0 spiro atoms. The van der Waals surface area contributed by atoms with Crippen LogP contribution >= 0.6 is 0 Å². The first-order valence-corrected chi connectivity index (χ1v) is 4.66. The minimum absolute atomic E-state index is 0.874. The second-order valence-corrected chi connectivity index (χ2v) is 3.63. The molecule has 0 rings (SSSR count). The summed E-state index contributed by atoms with van der Waals surface area (Å²) in [6.45, 7) is 18.1. The summed E-state index contributed by atoms with van der Waals surface area (Å²) in [4.78, 5) is 0. The minimum Gasteiger partial charge on any atom is -0.0995 e. The molecule has 0 aliphatic heterocycles. The van der Waals surface area contributed by atoms with E-state index in [9.17, 15) is 0 Å². The van der Waals surface area contributed by atoms with E-state index >= 15 is 0 Å². The fourth-order valence-electron chi connectivity index (χ4n) is 0.991. The van der Waals surface area contributed by atoms with Crippen molar-refractivity contribution in [3.63, 3.8) is 0 Å². The summed E-state index contributed by atoms with van der Waals surface area (Å²) in [7, 11) is 0. The third kappa shape index (κ3) is 5.24. The molecule has 0 saturated heterocycles. The molecule has 0 atom stereocenters. The van der Waals surface area contributed by atoms with E-state index in [0.29, 0.717) is 0 Å². The predicted molar refractivity (Wildman–Crippen MR) is 61.8 cm³/mol. The fourth-order valence-corrected chi connectivity index (χ4v) is 0.991. The van der Waals surface area contributed by atoms with E-state index in [4.69, 9.17) is 0 Å². The molecule has 0 saturated carbocycles. The van der Waals surface area contributed by atoms with E-state index in [0.717, 1.165) is 24.0 Å². The summed E-state index contributed by atoms with van der Waals surface area (Å²) < 4.78 is 0.